The van der Waals surface area contributed by atoms with Crippen LogP contribution in [0.15, 0.2) is 47.8 Å². The third-order valence-electron chi connectivity index (χ3n) is 2.93. The fraction of sp³-hybridized carbons (Fsp3) is 0.188. The van der Waals surface area contributed by atoms with Crippen LogP contribution in [0.3, 0.4) is 0 Å². The van der Waals surface area contributed by atoms with E-state index in [-0.39, 0.29) is 18.5 Å². The normalized spacial score (nSPS) is 11.6. The highest BCUT2D eigenvalue weighted by molar-refractivity contribution is 7.10. The number of amides is 1. The first-order valence-electron chi connectivity index (χ1n) is 6.43. The van der Waals surface area contributed by atoms with Gasteiger partial charge in [-0.3, -0.25) is 4.79 Å². The van der Waals surface area contributed by atoms with Crippen molar-refractivity contribution in [2.45, 2.75) is 6.04 Å². The lowest BCUT2D eigenvalue weighted by molar-refractivity contribution is -0.676. The van der Waals surface area contributed by atoms with E-state index in [4.69, 9.17) is 6.42 Å². The first kappa shape index (κ1) is 14.3. The van der Waals surface area contributed by atoms with E-state index in [9.17, 15) is 4.79 Å². The molecule has 3 N–H and O–H groups in total. The van der Waals surface area contributed by atoms with Gasteiger partial charge in [-0.2, -0.15) is 0 Å². The minimum Gasteiger partial charge on any atom is -0.340 e. The Hall–Kier alpha value is -2.09. The predicted molar refractivity (Wildman–Crippen MR) is 81.2 cm³/mol. The quantitative estimate of drug-likeness (QED) is 0.769. The van der Waals surface area contributed by atoms with Crippen molar-refractivity contribution in [1.82, 2.24) is 5.32 Å². The summed E-state index contributed by atoms with van der Waals surface area (Å²) in [5.41, 5.74) is 1.19. The second-order valence-electron chi connectivity index (χ2n) is 4.32. The molecular formula is C16H17N2OS+. The van der Waals surface area contributed by atoms with Gasteiger partial charge in [0.15, 0.2) is 6.54 Å². The summed E-state index contributed by atoms with van der Waals surface area (Å²) >= 11 is 1.70. The molecule has 102 valence electrons. The average Bonchev–Trinajstić information content (AvgIpc) is 3.00. The molecule has 0 saturated carbocycles. The van der Waals surface area contributed by atoms with Crippen molar-refractivity contribution >= 4 is 17.2 Å². The Morgan fingerprint density at radius 2 is 2.10 bits per heavy atom. The summed E-state index contributed by atoms with van der Waals surface area (Å²) in [4.78, 5) is 12.9. The second kappa shape index (κ2) is 7.49. The smallest absolute Gasteiger partial charge is 0.275 e. The van der Waals surface area contributed by atoms with Gasteiger partial charge in [0.25, 0.3) is 5.91 Å². The van der Waals surface area contributed by atoms with Gasteiger partial charge in [0, 0.05) is 5.56 Å². The first-order chi connectivity index (χ1) is 9.81. The van der Waals surface area contributed by atoms with E-state index < -0.39 is 0 Å². The van der Waals surface area contributed by atoms with Crippen LogP contribution in [0.5, 0.6) is 0 Å². The van der Waals surface area contributed by atoms with E-state index in [1.54, 1.807) is 11.3 Å². The average molecular weight is 285 g/mol. The van der Waals surface area contributed by atoms with Crippen molar-refractivity contribution in [3.63, 3.8) is 0 Å². The summed E-state index contributed by atoms with van der Waals surface area (Å²) in [6.07, 6.45) is 5.13. The van der Waals surface area contributed by atoms with Gasteiger partial charge in [-0.25, -0.2) is 0 Å². The zero-order chi connectivity index (χ0) is 14.2. The third-order valence-corrected chi connectivity index (χ3v) is 3.89. The van der Waals surface area contributed by atoms with Gasteiger partial charge in [-0.1, -0.05) is 42.3 Å². The highest BCUT2D eigenvalue weighted by atomic mass is 32.1. The predicted octanol–water partition coefficient (Wildman–Crippen LogP) is 1.15. The second-order valence-corrected chi connectivity index (χ2v) is 5.30. The Kier molecular flexibility index (Phi) is 5.36. The fourth-order valence-electron chi connectivity index (χ4n) is 1.99. The molecule has 20 heavy (non-hydrogen) atoms. The van der Waals surface area contributed by atoms with Crippen molar-refractivity contribution in [2.75, 3.05) is 13.1 Å². The number of rotatable bonds is 6. The molecule has 0 saturated heterocycles. The highest BCUT2D eigenvalue weighted by Crippen LogP contribution is 2.22. The molecule has 2 rings (SSSR count). The van der Waals surface area contributed by atoms with Crippen LogP contribution in [0.25, 0.3) is 0 Å². The van der Waals surface area contributed by atoms with Crippen LogP contribution < -0.4 is 10.6 Å². The number of quaternary nitrogens is 1. The van der Waals surface area contributed by atoms with Gasteiger partial charge in [-0.15, -0.1) is 17.8 Å². The first-order valence-corrected chi connectivity index (χ1v) is 7.31. The van der Waals surface area contributed by atoms with E-state index in [1.807, 2.05) is 29.6 Å². The van der Waals surface area contributed by atoms with Crippen molar-refractivity contribution in [3.8, 4) is 12.3 Å². The number of terminal acetylenes is 1. The molecule has 1 aromatic carbocycles. The molecule has 0 unspecified atom stereocenters. The van der Waals surface area contributed by atoms with Crippen LogP contribution in [0.4, 0.5) is 0 Å². The minimum atomic E-state index is -0.0413. The zero-order valence-electron chi connectivity index (χ0n) is 11.1. The number of thiophene rings is 1. The van der Waals surface area contributed by atoms with E-state index >= 15 is 0 Å². The maximum atomic E-state index is 11.7. The van der Waals surface area contributed by atoms with Crippen LogP contribution in [0, 0.1) is 12.3 Å². The molecule has 1 atom stereocenters. The molecule has 0 aliphatic heterocycles. The number of carbonyl (C=O) groups excluding carboxylic acids is 1. The Morgan fingerprint density at radius 3 is 2.75 bits per heavy atom. The number of benzene rings is 1. The van der Waals surface area contributed by atoms with Crippen molar-refractivity contribution < 1.29 is 10.1 Å². The molecule has 0 fully saturated rings. The molecule has 1 amide bonds. The largest absolute Gasteiger partial charge is 0.340 e. The van der Waals surface area contributed by atoms with E-state index in [1.165, 1.54) is 10.4 Å². The number of hydrogen-bond donors (Lipinski definition) is 2. The zero-order valence-corrected chi connectivity index (χ0v) is 11.9. The number of carbonyl (C=O) groups is 1. The van der Waals surface area contributed by atoms with Gasteiger partial charge in [0.05, 0.1) is 11.4 Å². The lowest BCUT2D eigenvalue weighted by atomic mass is 10.1. The van der Waals surface area contributed by atoms with Crippen LogP contribution >= 0.6 is 11.3 Å². The van der Waals surface area contributed by atoms with E-state index in [0.29, 0.717) is 6.54 Å². The number of hydrogen-bond acceptors (Lipinski definition) is 2. The van der Waals surface area contributed by atoms with Crippen LogP contribution in [-0.4, -0.2) is 19.0 Å². The molecule has 4 heteroatoms. The lowest BCUT2D eigenvalue weighted by Gasteiger charge is -2.14. The highest BCUT2D eigenvalue weighted by Gasteiger charge is 2.19. The standard InChI is InChI=1S/C16H16N2OS/c1-2-10-17-15(19)12-18-16(14-9-6-11-20-14)13-7-4-3-5-8-13/h1,3-9,11,16,18H,10,12H2,(H,17,19)/p+1/t16-/m1/s1. The van der Waals surface area contributed by atoms with Crippen molar-refractivity contribution in [1.29, 1.82) is 0 Å². The summed E-state index contributed by atoms with van der Waals surface area (Å²) in [6.45, 7) is 0.640. The molecule has 0 spiro atoms. The minimum absolute atomic E-state index is 0.0413. The van der Waals surface area contributed by atoms with Crippen LogP contribution in [0.2, 0.25) is 0 Å². The van der Waals surface area contributed by atoms with Crippen LogP contribution in [-0.2, 0) is 4.79 Å². The fourth-order valence-corrected chi connectivity index (χ4v) is 2.84. The molecule has 0 radical (unpaired) electrons. The van der Waals surface area contributed by atoms with Crippen LogP contribution in [0.1, 0.15) is 16.5 Å². The molecule has 0 aliphatic carbocycles. The maximum Gasteiger partial charge on any atom is 0.275 e. The van der Waals surface area contributed by atoms with Gasteiger partial charge < -0.3 is 10.6 Å². The maximum absolute atomic E-state index is 11.7. The SMILES string of the molecule is C#CCNC(=O)C[NH2+][C@H](c1ccccc1)c1cccs1. The third kappa shape index (κ3) is 3.95. The van der Waals surface area contributed by atoms with E-state index in [2.05, 4.69) is 34.8 Å². The van der Waals surface area contributed by atoms with Gasteiger partial charge in [0.1, 0.15) is 6.04 Å². The Balaban J connectivity index is 2.05. The van der Waals surface area contributed by atoms with Crippen molar-refractivity contribution in [2.24, 2.45) is 0 Å². The molecule has 2 aromatic rings. The Labute approximate surface area is 123 Å². The summed E-state index contributed by atoms with van der Waals surface area (Å²) in [5, 5.41) is 6.77. The number of nitrogens with two attached hydrogens (primary N) is 1. The number of nitrogens with one attached hydrogen (secondary N) is 1. The monoisotopic (exact) mass is 285 g/mol. The topological polar surface area (TPSA) is 45.7 Å². The van der Waals surface area contributed by atoms with E-state index in [0.717, 1.165) is 0 Å². The Morgan fingerprint density at radius 1 is 1.30 bits per heavy atom. The van der Waals surface area contributed by atoms with Gasteiger partial charge >= 0.3 is 0 Å². The summed E-state index contributed by atoms with van der Waals surface area (Å²) in [7, 11) is 0. The Bertz CT molecular complexity index is 572. The molecule has 0 aliphatic rings. The molecule has 0 bridgehead atoms. The lowest BCUT2D eigenvalue weighted by Crippen LogP contribution is -2.87. The molecular weight excluding hydrogens is 268 g/mol. The molecule has 1 heterocycles. The summed E-state index contributed by atoms with van der Waals surface area (Å²) in [5.74, 6) is 2.36. The van der Waals surface area contributed by atoms with Gasteiger partial charge in [-0.05, 0) is 11.4 Å². The summed E-state index contributed by atoms with van der Waals surface area (Å²) < 4.78 is 0. The molecule has 1 aromatic heterocycles. The van der Waals surface area contributed by atoms with Gasteiger partial charge in [0.2, 0.25) is 0 Å². The molecule has 3 nitrogen and oxygen atoms in total. The summed E-state index contributed by atoms with van der Waals surface area (Å²) in [6, 6.07) is 14.5. The van der Waals surface area contributed by atoms with Crippen molar-refractivity contribution in [3.05, 3.63) is 58.3 Å².